The smallest absolute Gasteiger partial charge is 0.391 e. The molecule has 0 saturated heterocycles. The van der Waals surface area contributed by atoms with E-state index in [-0.39, 0.29) is 31.5 Å². The standard InChI is InChI=1S/C13H17F3N4O5S/c14-13(15,16)7-1-3-8(4-2-7)26(24,25)20-6-10-17-18-12(23)19(10)5-9(20)11(21)22/h7-9H,1-6H2,(H,18,23)(H,21,22). The average Bonchev–Trinajstić information content (AvgIpc) is 2.93. The number of rotatable bonds is 3. The molecule has 2 heterocycles. The number of aromatic amines is 1. The van der Waals surface area contributed by atoms with Gasteiger partial charge in [0, 0.05) is 0 Å². The zero-order valence-corrected chi connectivity index (χ0v) is 14.3. The third kappa shape index (κ3) is 3.24. The molecule has 0 amide bonds. The van der Waals surface area contributed by atoms with Crippen molar-refractivity contribution in [3.05, 3.63) is 16.3 Å². The van der Waals surface area contributed by atoms with E-state index in [1.165, 1.54) is 0 Å². The lowest BCUT2D eigenvalue weighted by atomic mass is 9.88. The number of halogens is 3. The summed E-state index contributed by atoms with van der Waals surface area (Å²) in [6, 6.07) is -1.51. The van der Waals surface area contributed by atoms with E-state index in [1.807, 2.05) is 0 Å². The van der Waals surface area contributed by atoms with E-state index >= 15 is 0 Å². The van der Waals surface area contributed by atoms with Crippen LogP contribution in [0.5, 0.6) is 0 Å². The van der Waals surface area contributed by atoms with Gasteiger partial charge >= 0.3 is 17.8 Å². The summed E-state index contributed by atoms with van der Waals surface area (Å²) >= 11 is 0. The van der Waals surface area contributed by atoms with Crippen LogP contribution in [-0.4, -0.2) is 56.0 Å². The van der Waals surface area contributed by atoms with Crippen LogP contribution in [0.2, 0.25) is 0 Å². The van der Waals surface area contributed by atoms with Crippen molar-refractivity contribution < 1.29 is 31.5 Å². The highest BCUT2D eigenvalue weighted by atomic mass is 32.2. The molecule has 1 unspecified atom stereocenters. The number of hydrogen-bond acceptors (Lipinski definition) is 5. The van der Waals surface area contributed by atoms with Crippen molar-refractivity contribution in [1.29, 1.82) is 0 Å². The van der Waals surface area contributed by atoms with Gasteiger partial charge in [-0.25, -0.2) is 18.3 Å². The summed E-state index contributed by atoms with van der Waals surface area (Å²) in [5.41, 5.74) is -0.644. The van der Waals surface area contributed by atoms with E-state index in [0.717, 1.165) is 8.87 Å². The van der Waals surface area contributed by atoms with Crippen LogP contribution in [0.1, 0.15) is 31.5 Å². The van der Waals surface area contributed by atoms with E-state index in [4.69, 9.17) is 0 Å². The van der Waals surface area contributed by atoms with Gasteiger partial charge in [-0.2, -0.15) is 22.6 Å². The minimum Gasteiger partial charge on any atom is -0.480 e. The topological polar surface area (TPSA) is 125 Å². The first-order chi connectivity index (χ1) is 12.0. The molecule has 1 aliphatic heterocycles. The number of fused-ring (bicyclic) bond motifs is 1. The number of carbonyl (C=O) groups is 1. The molecule has 0 aromatic carbocycles. The molecule has 0 spiro atoms. The first-order valence-electron chi connectivity index (χ1n) is 7.96. The van der Waals surface area contributed by atoms with Crippen molar-refractivity contribution in [2.45, 2.75) is 56.2 Å². The van der Waals surface area contributed by atoms with Crippen LogP contribution in [0.25, 0.3) is 0 Å². The van der Waals surface area contributed by atoms with Gasteiger partial charge in [0.05, 0.1) is 24.3 Å². The number of nitrogens with one attached hydrogen (secondary N) is 1. The van der Waals surface area contributed by atoms with E-state index in [0.29, 0.717) is 0 Å². The van der Waals surface area contributed by atoms with Crippen LogP contribution < -0.4 is 5.69 Å². The zero-order chi connectivity index (χ0) is 19.3. The maximum Gasteiger partial charge on any atom is 0.391 e. The number of alkyl halides is 3. The van der Waals surface area contributed by atoms with Crippen molar-refractivity contribution in [1.82, 2.24) is 19.1 Å². The third-order valence-corrected chi connectivity index (χ3v) is 7.36. The highest BCUT2D eigenvalue weighted by molar-refractivity contribution is 7.89. The molecule has 0 radical (unpaired) electrons. The largest absolute Gasteiger partial charge is 0.480 e. The van der Waals surface area contributed by atoms with E-state index in [9.17, 15) is 36.3 Å². The minimum absolute atomic E-state index is 0.0695. The average molecular weight is 398 g/mol. The molecule has 13 heteroatoms. The van der Waals surface area contributed by atoms with Crippen LogP contribution in [0, 0.1) is 5.92 Å². The summed E-state index contributed by atoms with van der Waals surface area (Å²) in [7, 11) is -4.17. The maximum absolute atomic E-state index is 12.9. The third-order valence-electron chi connectivity index (χ3n) is 5.01. The Morgan fingerprint density at radius 2 is 1.85 bits per heavy atom. The van der Waals surface area contributed by atoms with E-state index in [2.05, 4.69) is 10.2 Å². The van der Waals surface area contributed by atoms with E-state index in [1.54, 1.807) is 0 Å². The van der Waals surface area contributed by atoms with Crippen molar-refractivity contribution >= 4 is 16.0 Å². The lowest BCUT2D eigenvalue weighted by Crippen LogP contribution is -2.54. The molecule has 146 valence electrons. The number of aliphatic carboxylic acids is 1. The number of carboxylic acid groups (broad SMARTS) is 1. The van der Waals surface area contributed by atoms with Crippen LogP contribution in [0.15, 0.2) is 4.79 Å². The molecule has 0 bridgehead atoms. The van der Waals surface area contributed by atoms with Gasteiger partial charge < -0.3 is 5.11 Å². The predicted molar refractivity (Wildman–Crippen MR) is 80.5 cm³/mol. The fourth-order valence-corrected chi connectivity index (χ4v) is 5.58. The van der Waals surface area contributed by atoms with Gasteiger partial charge in [0.2, 0.25) is 10.0 Å². The summed E-state index contributed by atoms with van der Waals surface area (Å²) in [6.45, 7) is -0.825. The molecule has 1 fully saturated rings. The van der Waals surface area contributed by atoms with E-state index < -0.39 is 58.2 Å². The maximum atomic E-state index is 12.9. The van der Waals surface area contributed by atoms with Gasteiger partial charge in [-0.1, -0.05) is 0 Å². The Hall–Kier alpha value is -1.89. The molecule has 1 aromatic rings. The molecule has 1 saturated carbocycles. The van der Waals surface area contributed by atoms with Gasteiger partial charge in [0.1, 0.15) is 11.9 Å². The Balaban J connectivity index is 1.84. The molecular formula is C13H17F3N4O5S. The predicted octanol–water partition coefficient (Wildman–Crippen LogP) is 0.291. The molecule has 9 nitrogen and oxygen atoms in total. The molecule has 3 rings (SSSR count). The van der Waals surface area contributed by atoms with Gasteiger partial charge in [-0.3, -0.25) is 9.36 Å². The molecule has 2 N–H and O–H groups in total. The molecule has 26 heavy (non-hydrogen) atoms. The van der Waals surface area contributed by atoms with Crippen LogP contribution in [-0.2, 0) is 27.9 Å². The highest BCUT2D eigenvalue weighted by Gasteiger charge is 2.48. The molecule has 2 aliphatic rings. The quantitative estimate of drug-likeness (QED) is 0.754. The van der Waals surface area contributed by atoms with Gasteiger partial charge in [0.15, 0.2) is 0 Å². The second kappa shape index (κ2) is 6.37. The Morgan fingerprint density at radius 1 is 1.23 bits per heavy atom. The summed E-state index contributed by atoms with van der Waals surface area (Å²) in [5.74, 6) is -2.90. The lowest BCUT2D eigenvalue weighted by molar-refractivity contribution is -0.181. The number of aromatic nitrogens is 3. The van der Waals surface area contributed by atoms with Gasteiger partial charge in [-0.15, -0.1) is 0 Å². The van der Waals surface area contributed by atoms with Gasteiger partial charge in [0.25, 0.3) is 0 Å². The van der Waals surface area contributed by atoms with Crippen molar-refractivity contribution in [3.63, 3.8) is 0 Å². The number of nitrogens with zero attached hydrogens (tertiary/aromatic N) is 3. The summed E-state index contributed by atoms with van der Waals surface area (Å²) in [6.07, 6.45) is -5.38. The molecule has 1 aliphatic carbocycles. The molecule has 1 aromatic heterocycles. The second-order valence-electron chi connectivity index (χ2n) is 6.52. The minimum atomic E-state index is -4.37. The second-order valence-corrected chi connectivity index (χ2v) is 8.68. The Bertz CT molecular complexity index is 854. The first-order valence-corrected chi connectivity index (χ1v) is 9.46. The molecule has 1 atom stereocenters. The summed E-state index contributed by atoms with van der Waals surface area (Å²) in [4.78, 5) is 23.1. The molecular weight excluding hydrogens is 381 g/mol. The Morgan fingerprint density at radius 3 is 2.38 bits per heavy atom. The number of hydrogen-bond donors (Lipinski definition) is 2. The number of carboxylic acids is 1. The fraction of sp³-hybridized carbons (Fsp3) is 0.769. The lowest BCUT2D eigenvalue weighted by Gasteiger charge is -2.37. The monoisotopic (exact) mass is 398 g/mol. The normalized spacial score (nSPS) is 27.9. The Kier molecular flexibility index (Phi) is 4.63. The van der Waals surface area contributed by atoms with Crippen LogP contribution in [0.4, 0.5) is 13.2 Å². The zero-order valence-electron chi connectivity index (χ0n) is 13.4. The highest BCUT2D eigenvalue weighted by Crippen LogP contribution is 2.40. The summed E-state index contributed by atoms with van der Waals surface area (Å²) in [5, 5.41) is 14.1. The van der Waals surface area contributed by atoms with Crippen molar-refractivity contribution in [3.8, 4) is 0 Å². The summed E-state index contributed by atoms with van der Waals surface area (Å²) < 4.78 is 65.9. The number of H-pyrrole nitrogens is 1. The van der Waals surface area contributed by atoms with Crippen LogP contribution >= 0.6 is 0 Å². The van der Waals surface area contributed by atoms with Gasteiger partial charge in [-0.05, 0) is 25.7 Å². The SMILES string of the molecule is O=C(O)C1Cn2c(n[nH]c2=O)CN1S(=O)(=O)C1CCC(C(F)(F)F)CC1. The van der Waals surface area contributed by atoms with Crippen molar-refractivity contribution in [2.24, 2.45) is 5.92 Å². The number of sulfonamides is 1. The fourth-order valence-electron chi connectivity index (χ4n) is 3.52. The van der Waals surface area contributed by atoms with Crippen LogP contribution in [0.3, 0.4) is 0 Å². The Labute approximate surface area is 145 Å². The van der Waals surface area contributed by atoms with Crippen molar-refractivity contribution in [2.75, 3.05) is 0 Å². The first kappa shape index (κ1) is 18.9.